The largest absolute Gasteiger partial charge is 0.326 e. The van der Waals surface area contributed by atoms with Crippen molar-refractivity contribution in [2.75, 3.05) is 16.8 Å². The molecule has 2 fully saturated rings. The molecule has 0 spiro atoms. The smallest absolute Gasteiger partial charge is 0.230 e. The van der Waals surface area contributed by atoms with Crippen LogP contribution in [0.25, 0.3) is 0 Å². The average Bonchev–Trinajstić information content (AvgIpc) is 2.35. The van der Waals surface area contributed by atoms with Crippen molar-refractivity contribution in [3.63, 3.8) is 0 Å². The SMILES string of the molecule is CCN(C(=O)C1CCC1)c1cccc(NC(=O)C2CCC2)c1. The van der Waals surface area contributed by atoms with Crippen molar-refractivity contribution in [1.82, 2.24) is 0 Å². The number of nitrogens with one attached hydrogen (secondary N) is 1. The standard InChI is InChI=1S/C18H24N2O2/c1-2-20(18(22)14-8-4-9-14)16-11-5-10-15(12-16)19-17(21)13-6-3-7-13/h5,10-14H,2-4,6-9H2,1H3,(H,19,21). The lowest BCUT2D eigenvalue weighted by molar-refractivity contribution is -0.124. The Kier molecular flexibility index (Phi) is 4.46. The van der Waals surface area contributed by atoms with E-state index in [4.69, 9.17) is 0 Å². The third kappa shape index (κ3) is 3.01. The minimum absolute atomic E-state index is 0.108. The quantitative estimate of drug-likeness (QED) is 0.903. The molecule has 2 aliphatic carbocycles. The highest BCUT2D eigenvalue weighted by Gasteiger charge is 2.30. The van der Waals surface area contributed by atoms with E-state index in [-0.39, 0.29) is 23.7 Å². The highest BCUT2D eigenvalue weighted by molar-refractivity contribution is 5.97. The predicted molar refractivity (Wildman–Crippen MR) is 87.8 cm³/mol. The molecular weight excluding hydrogens is 276 g/mol. The summed E-state index contributed by atoms with van der Waals surface area (Å²) >= 11 is 0. The van der Waals surface area contributed by atoms with Crippen LogP contribution in [-0.2, 0) is 9.59 Å². The number of benzene rings is 1. The molecular formula is C18H24N2O2. The van der Waals surface area contributed by atoms with Crippen molar-refractivity contribution in [2.24, 2.45) is 11.8 Å². The fourth-order valence-electron chi connectivity index (χ4n) is 3.01. The Balaban J connectivity index is 1.70. The van der Waals surface area contributed by atoms with Crippen molar-refractivity contribution in [2.45, 2.75) is 45.4 Å². The molecule has 4 nitrogen and oxygen atoms in total. The van der Waals surface area contributed by atoms with E-state index < -0.39 is 0 Å². The molecule has 0 atom stereocenters. The molecule has 0 heterocycles. The summed E-state index contributed by atoms with van der Waals surface area (Å²) in [5.41, 5.74) is 1.67. The average molecular weight is 300 g/mol. The van der Waals surface area contributed by atoms with E-state index in [0.29, 0.717) is 6.54 Å². The van der Waals surface area contributed by atoms with Gasteiger partial charge in [-0.3, -0.25) is 9.59 Å². The Hall–Kier alpha value is -1.84. The Labute approximate surface area is 131 Å². The molecule has 0 saturated heterocycles. The molecule has 0 bridgehead atoms. The first-order valence-corrected chi connectivity index (χ1v) is 8.41. The summed E-state index contributed by atoms with van der Waals surface area (Å²) in [5, 5.41) is 2.98. The molecule has 2 saturated carbocycles. The summed E-state index contributed by atoms with van der Waals surface area (Å²) in [7, 11) is 0. The first-order chi connectivity index (χ1) is 10.7. The molecule has 0 aliphatic heterocycles. The predicted octanol–water partition coefficient (Wildman–Crippen LogP) is 3.58. The molecule has 4 heteroatoms. The summed E-state index contributed by atoms with van der Waals surface area (Å²) in [6, 6.07) is 7.65. The highest BCUT2D eigenvalue weighted by atomic mass is 16.2. The van der Waals surface area contributed by atoms with Gasteiger partial charge in [-0.2, -0.15) is 0 Å². The Morgan fingerprint density at radius 3 is 2.36 bits per heavy atom. The number of anilines is 2. The second-order valence-electron chi connectivity index (χ2n) is 6.38. The van der Waals surface area contributed by atoms with Crippen LogP contribution in [0.2, 0.25) is 0 Å². The molecule has 118 valence electrons. The lowest BCUT2D eigenvalue weighted by Crippen LogP contribution is -2.38. The number of rotatable bonds is 5. The fraction of sp³-hybridized carbons (Fsp3) is 0.556. The van der Waals surface area contributed by atoms with Crippen LogP contribution in [0.3, 0.4) is 0 Å². The van der Waals surface area contributed by atoms with E-state index in [1.54, 1.807) is 0 Å². The van der Waals surface area contributed by atoms with E-state index in [0.717, 1.165) is 49.9 Å². The number of carbonyl (C=O) groups excluding carboxylic acids is 2. The summed E-state index contributed by atoms with van der Waals surface area (Å²) < 4.78 is 0. The zero-order valence-corrected chi connectivity index (χ0v) is 13.2. The first kappa shape index (κ1) is 15.1. The zero-order valence-electron chi connectivity index (χ0n) is 13.2. The van der Waals surface area contributed by atoms with E-state index >= 15 is 0 Å². The van der Waals surface area contributed by atoms with Crippen molar-refractivity contribution in [3.8, 4) is 0 Å². The topological polar surface area (TPSA) is 49.4 Å². The molecule has 2 aliphatic rings. The number of carbonyl (C=O) groups is 2. The minimum Gasteiger partial charge on any atom is -0.326 e. The zero-order chi connectivity index (χ0) is 15.5. The van der Waals surface area contributed by atoms with Crippen LogP contribution in [0.1, 0.15) is 45.4 Å². The monoisotopic (exact) mass is 300 g/mol. The van der Waals surface area contributed by atoms with Gasteiger partial charge in [0, 0.05) is 29.8 Å². The van der Waals surface area contributed by atoms with Gasteiger partial charge in [-0.25, -0.2) is 0 Å². The molecule has 0 unspecified atom stereocenters. The van der Waals surface area contributed by atoms with Crippen molar-refractivity contribution in [3.05, 3.63) is 24.3 Å². The number of hydrogen-bond acceptors (Lipinski definition) is 2. The van der Waals surface area contributed by atoms with Gasteiger partial charge in [0.25, 0.3) is 0 Å². The second kappa shape index (κ2) is 6.51. The summed E-state index contributed by atoms with van der Waals surface area (Å²) in [6.07, 6.45) is 6.31. The van der Waals surface area contributed by atoms with Gasteiger partial charge in [-0.1, -0.05) is 18.9 Å². The van der Waals surface area contributed by atoms with Gasteiger partial charge >= 0.3 is 0 Å². The van der Waals surface area contributed by atoms with Crippen LogP contribution in [0, 0.1) is 11.8 Å². The maximum Gasteiger partial charge on any atom is 0.230 e. The molecule has 0 aromatic heterocycles. The van der Waals surface area contributed by atoms with Gasteiger partial charge in [0.15, 0.2) is 0 Å². The van der Waals surface area contributed by atoms with E-state index in [2.05, 4.69) is 5.32 Å². The van der Waals surface area contributed by atoms with E-state index in [9.17, 15) is 9.59 Å². The molecule has 1 aromatic rings. The van der Waals surface area contributed by atoms with Crippen LogP contribution in [0.4, 0.5) is 11.4 Å². The van der Waals surface area contributed by atoms with E-state index in [1.165, 1.54) is 0 Å². The molecule has 1 N–H and O–H groups in total. The van der Waals surface area contributed by atoms with Gasteiger partial charge in [-0.15, -0.1) is 0 Å². The minimum atomic E-state index is 0.108. The van der Waals surface area contributed by atoms with Crippen LogP contribution >= 0.6 is 0 Å². The lowest BCUT2D eigenvalue weighted by Gasteiger charge is -2.31. The van der Waals surface area contributed by atoms with Crippen LogP contribution in [0.5, 0.6) is 0 Å². The number of hydrogen-bond donors (Lipinski definition) is 1. The Bertz CT molecular complexity index is 562. The third-order valence-corrected chi connectivity index (χ3v) is 4.94. The normalized spacial score (nSPS) is 18.2. The van der Waals surface area contributed by atoms with E-state index in [1.807, 2.05) is 36.1 Å². The van der Waals surface area contributed by atoms with Gasteiger partial charge in [0.05, 0.1) is 0 Å². The van der Waals surface area contributed by atoms with Crippen molar-refractivity contribution >= 4 is 23.2 Å². The van der Waals surface area contributed by atoms with Gasteiger partial charge in [0.1, 0.15) is 0 Å². The number of amides is 2. The second-order valence-corrected chi connectivity index (χ2v) is 6.38. The van der Waals surface area contributed by atoms with Crippen molar-refractivity contribution < 1.29 is 9.59 Å². The first-order valence-electron chi connectivity index (χ1n) is 8.41. The maximum atomic E-state index is 12.5. The van der Waals surface area contributed by atoms with Gasteiger partial charge < -0.3 is 10.2 Å². The molecule has 22 heavy (non-hydrogen) atoms. The lowest BCUT2D eigenvalue weighted by atomic mass is 9.84. The fourth-order valence-corrected chi connectivity index (χ4v) is 3.01. The molecule has 3 rings (SSSR count). The molecule has 2 amide bonds. The number of nitrogens with zero attached hydrogens (tertiary/aromatic N) is 1. The third-order valence-electron chi connectivity index (χ3n) is 4.94. The summed E-state index contributed by atoms with van der Waals surface area (Å²) in [6.45, 7) is 2.66. The molecule has 0 radical (unpaired) electrons. The van der Waals surface area contributed by atoms with Gasteiger partial charge in [-0.05, 0) is 50.8 Å². The maximum absolute atomic E-state index is 12.5. The van der Waals surface area contributed by atoms with Crippen LogP contribution < -0.4 is 10.2 Å². The summed E-state index contributed by atoms with van der Waals surface area (Å²) in [5.74, 6) is 0.684. The van der Waals surface area contributed by atoms with Crippen LogP contribution in [-0.4, -0.2) is 18.4 Å². The Morgan fingerprint density at radius 2 is 1.82 bits per heavy atom. The molecule has 1 aromatic carbocycles. The van der Waals surface area contributed by atoms with Crippen LogP contribution in [0.15, 0.2) is 24.3 Å². The van der Waals surface area contributed by atoms with Crippen molar-refractivity contribution in [1.29, 1.82) is 0 Å². The Morgan fingerprint density at radius 1 is 1.14 bits per heavy atom. The van der Waals surface area contributed by atoms with Gasteiger partial charge in [0.2, 0.25) is 11.8 Å². The highest BCUT2D eigenvalue weighted by Crippen LogP contribution is 2.31. The summed E-state index contributed by atoms with van der Waals surface area (Å²) in [4.78, 5) is 26.4.